The number of anilines is 1. The largest absolute Gasteiger partial charge is 0.482 e. The highest BCUT2D eigenvalue weighted by molar-refractivity contribution is 6.02. The minimum absolute atomic E-state index is 0.0343. The Morgan fingerprint density at radius 1 is 1.25 bits per heavy atom. The monoisotopic (exact) mass is 387 g/mol. The van der Waals surface area contributed by atoms with E-state index in [1.165, 1.54) is 0 Å². The molecule has 3 aliphatic rings. The summed E-state index contributed by atoms with van der Waals surface area (Å²) in [6.07, 6.45) is 1.29. The van der Waals surface area contributed by atoms with Crippen LogP contribution >= 0.6 is 0 Å². The first-order valence-electron chi connectivity index (χ1n) is 9.99. The van der Waals surface area contributed by atoms with Crippen molar-refractivity contribution in [1.82, 2.24) is 9.80 Å². The van der Waals surface area contributed by atoms with Gasteiger partial charge in [-0.3, -0.25) is 14.5 Å². The molecule has 4 rings (SSSR count). The maximum Gasteiger partial charge on any atom is 0.265 e. The molecular formula is C21H29N3O4. The summed E-state index contributed by atoms with van der Waals surface area (Å²) in [5.74, 6) is 1.17. The van der Waals surface area contributed by atoms with Gasteiger partial charge in [-0.15, -0.1) is 0 Å². The molecule has 0 bridgehead atoms. The van der Waals surface area contributed by atoms with Gasteiger partial charge in [-0.25, -0.2) is 0 Å². The number of aryl methyl sites for hydroxylation is 1. The fourth-order valence-electron chi connectivity index (χ4n) is 4.89. The topological polar surface area (TPSA) is 73.3 Å². The standard InChI is InChI=1S/C21H29N3O4/c1-13-4-5-19-17(6-13)24(21(27)12-28-19)11-20(26)23-9-14-7-16(22(2)3)18(25)8-15(14)10-23/h4-6,14-16,18,25H,7-12H2,1-3H3/t14-,15+,16-,18-/m1/s1. The van der Waals surface area contributed by atoms with Gasteiger partial charge in [0, 0.05) is 19.1 Å². The van der Waals surface area contributed by atoms with Crippen LogP contribution in [0.15, 0.2) is 18.2 Å². The van der Waals surface area contributed by atoms with Gasteiger partial charge in [-0.1, -0.05) is 6.07 Å². The van der Waals surface area contributed by atoms with Gasteiger partial charge in [-0.2, -0.15) is 0 Å². The lowest BCUT2D eigenvalue weighted by Gasteiger charge is -2.38. The molecule has 2 aliphatic heterocycles. The first kappa shape index (κ1) is 19.2. The lowest BCUT2D eigenvalue weighted by molar-refractivity contribution is -0.131. The van der Waals surface area contributed by atoms with Crippen LogP contribution in [0.5, 0.6) is 5.75 Å². The van der Waals surface area contributed by atoms with Gasteiger partial charge in [0.1, 0.15) is 12.3 Å². The molecule has 2 heterocycles. The lowest BCUT2D eigenvalue weighted by Crippen LogP contribution is -2.46. The number of nitrogens with zero attached hydrogens (tertiary/aromatic N) is 3. The second-order valence-corrected chi connectivity index (χ2v) is 8.63. The van der Waals surface area contributed by atoms with Crippen molar-refractivity contribution in [2.75, 3.05) is 45.2 Å². The summed E-state index contributed by atoms with van der Waals surface area (Å²) in [6, 6.07) is 5.82. The predicted octanol–water partition coefficient (Wildman–Crippen LogP) is 0.880. The van der Waals surface area contributed by atoms with Crippen LogP contribution in [-0.2, 0) is 9.59 Å². The molecule has 2 amide bonds. The van der Waals surface area contributed by atoms with Gasteiger partial charge < -0.3 is 19.6 Å². The maximum atomic E-state index is 13.0. The van der Waals surface area contributed by atoms with Crippen molar-refractivity contribution in [2.24, 2.45) is 11.8 Å². The zero-order chi connectivity index (χ0) is 20.0. The highest BCUT2D eigenvalue weighted by Gasteiger charge is 2.44. The van der Waals surface area contributed by atoms with Crippen LogP contribution in [0.3, 0.4) is 0 Å². The van der Waals surface area contributed by atoms with E-state index in [0.29, 0.717) is 36.4 Å². The summed E-state index contributed by atoms with van der Waals surface area (Å²) in [5, 5.41) is 10.4. The molecule has 2 fully saturated rings. The average molecular weight is 387 g/mol. The first-order chi connectivity index (χ1) is 13.3. The quantitative estimate of drug-likeness (QED) is 0.834. The summed E-state index contributed by atoms with van der Waals surface area (Å²) in [7, 11) is 3.99. The van der Waals surface area contributed by atoms with E-state index in [0.717, 1.165) is 18.4 Å². The second kappa shape index (κ2) is 7.37. The molecule has 0 unspecified atom stereocenters. The number of carbonyl (C=O) groups excluding carboxylic acids is 2. The molecule has 4 atom stereocenters. The average Bonchev–Trinajstić information content (AvgIpc) is 3.06. The smallest absolute Gasteiger partial charge is 0.265 e. The third kappa shape index (κ3) is 3.49. The van der Waals surface area contributed by atoms with E-state index in [2.05, 4.69) is 4.90 Å². The van der Waals surface area contributed by atoms with Crippen molar-refractivity contribution >= 4 is 17.5 Å². The number of aliphatic hydroxyl groups excluding tert-OH is 1. The highest BCUT2D eigenvalue weighted by Crippen LogP contribution is 2.38. The Labute approximate surface area is 165 Å². The number of ether oxygens (including phenoxy) is 1. The summed E-state index contributed by atoms with van der Waals surface area (Å²) in [5.41, 5.74) is 1.69. The number of aliphatic hydroxyl groups is 1. The van der Waals surface area contributed by atoms with E-state index in [4.69, 9.17) is 4.74 Å². The van der Waals surface area contributed by atoms with Crippen molar-refractivity contribution in [1.29, 1.82) is 0 Å². The number of hydrogen-bond donors (Lipinski definition) is 1. The Bertz CT molecular complexity index is 781. The van der Waals surface area contributed by atoms with Crippen LogP contribution in [0.25, 0.3) is 0 Å². The van der Waals surface area contributed by atoms with E-state index >= 15 is 0 Å². The summed E-state index contributed by atoms with van der Waals surface area (Å²) < 4.78 is 5.50. The number of benzene rings is 1. The van der Waals surface area contributed by atoms with Crippen LogP contribution in [0.4, 0.5) is 5.69 Å². The van der Waals surface area contributed by atoms with Gasteiger partial charge in [0.15, 0.2) is 6.61 Å². The minimum Gasteiger partial charge on any atom is -0.482 e. The van der Waals surface area contributed by atoms with Crippen molar-refractivity contribution in [3.63, 3.8) is 0 Å². The van der Waals surface area contributed by atoms with Gasteiger partial charge in [0.2, 0.25) is 5.91 Å². The van der Waals surface area contributed by atoms with Crippen molar-refractivity contribution < 1.29 is 19.4 Å². The predicted molar refractivity (Wildman–Crippen MR) is 105 cm³/mol. The van der Waals surface area contributed by atoms with E-state index in [1.54, 1.807) is 4.90 Å². The van der Waals surface area contributed by atoms with Crippen LogP contribution < -0.4 is 9.64 Å². The minimum atomic E-state index is -0.345. The number of likely N-dealkylation sites (N-methyl/N-ethyl adjacent to an activating group) is 1. The number of carbonyl (C=O) groups is 2. The zero-order valence-electron chi connectivity index (χ0n) is 16.8. The third-order valence-corrected chi connectivity index (χ3v) is 6.48. The molecule has 7 nitrogen and oxygen atoms in total. The SMILES string of the molecule is Cc1ccc2c(c1)N(CC(=O)N1C[C@H]3C[C@@H](N(C)C)[C@H](O)C[C@H]3C1)C(=O)CO2. The molecule has 1 saturated heterocycles. The van der Waals surface area contributed by atoms with E-state index in [1.807, 2.05) is 44.1 Å². The Hall–Kier alpha value is -2.12. The molecule has 1 aromatic carbocycles. The van der Waals surface area contributed by atoms with Gasteiger partial charge in [-0.05, 0) is 63.4 Å². The van der Waals surface area contributed by atoms with E-state index < -0.39 is 0 Å². The molecule has 28 heavy (non-hydrogen) atoms. The first-order valence-corrected chi connectivity index (χ1v) is 9.99. The number of rotatable bonds is 3. The fourth-order valence-corrected chi connectivity index (χ4v) is 4.89. The van der Waals surface area contributed by atoms with Gasteiger partial charge >= 0.3 is 0 Å². The van der Waals surface area contributed by atoms with E-state index in [-0.39, 0.29) is 37.1 Å². The van der Waals surface area contributed by atoms with Crippen LogP contribution in [0.2, 0.25) is 0 Å². The Morgan fingerprint density at radius 3 is 2.68 bits per heavy atom. The Balaban J connectivity index is 1.45. The van der Waals surface area contributed by atoms with E-state index in [9.17, 15) is 14.7 Å². The molecule has 1 aromatic rings. The molecule has 0 aromatic heterocycles. The van der Waals surface area contributed by atoms with Crippen molar-refractivity contribution in [2.45, 2.75) is 31.9 Å². The fraction of sp³-hybridized carbons (Fsp3) is 0.619. The molecule has 152 valence electrons. The van der Waals surface area contributed by atoms with Gasteiger partial charge in [0.05, 0.1) is 11.8 Å². The summed E-state index contributed by atoms with van der Waals surface area (Å²) >= 11 is 0. The molecule has 0 radical (unpaired) electrons. The molecule has 1 aliphatic carbocycles. The normalized spacial score (nSPS) is 29.5. The van der Waals surface area contributed by atoms with Crippen molar-refractivity contribution in [3.8, 4) is 5.75 Å². The molecular weight excluding hydrogens is 358 g/mol. The second-order valence-electron chi connectivity index (χ2n) is 8.63. The van der Waals surface area contributed by atoms with Crippen LogP contribution in [-0.4, -0.2) is 79.2 Å². The summed E-state index contributed by atoms with van der Waals surface area (Å²) in [6.45, 7) is 3.33. The van der Waals surface area contributed by atoms with Gasteiger partial charge in [0.25, 0.3) is 5.91 Å². The zero-order valence-corrected chi connectivity index (χ0v) is 16.8. The number of fused-ring (bicyclic) bond motifs is 2. The van der Waals surface area contributed by atoms with Crippen molar-refractivity contribution in [3.05, 3.63) is 23.8 Å². The Kier molecular flexibility index (Phi) is 5.05. The maximum absolute atomic E-state index is 13.0. The molecule has 7 heteroatoms. The van der Waals surface area contributed by atoms with Crippen LogP contribution in [0.1, 0.15) is 18.4 Å². The number of likely N-dealkylation sites (tertiary alicyclic amines) is 1. The summed E-state index contributed by atoms with van der Waals surface area (Å²) in [4.78, 5) is 30.9. The number of hydrogen-bond acceptors (Lipinski definition) is 5. The Morgan fingerprint density at radius 2 is 1.96 bits per heavy atom. The molecule has 1 saturated carbocycles. The molecule has 0 spiro atoms. The van der Waals surface area contributed by atoms with Crippen LogP contribution in [0, 0.1) is 18.8 Å². The number of amides is 2. The lowest BCUT2D eigenvalue weighted by atomic mass is 9.77. The highest BCUT2D eigenvalue weighted by atomic mass is 16.5. The third-order valence-electron chi connectivity index (χ3n) is 6.48. The molecule has 1 N–H and O–H groups in total.